The molecular formula is C52H81N13O13. The van der Waals surface area contributed by atoms with Gasteiger partial charge in [0.25, 0.3) is 0 Å². The molecule has 0 radical (unpaired) electrons. The number of carbonyl (C=O) groups is 10. The zero-order chi connectivity index (χ0) is 59.0. The van der Waals surface area contributed by atoms with Gasteiger partial charge in [-0.25, -0.2) is 4.79 Å². The van der Waals surface area contributed by atoms with E-state index in [-0.39, 0.29) is 68.6 Å². The molecule has 0 unspecified atom stereocenters. The van der Waals surface area contributed by atoms with E-state index in [1.807, 2.05) is 0 Å². The summed E-state index contributed by atoms with van der Waals surface area (Å²) in [6, 6.07) is 1.73. The summed E-state index contributed by atoms with van der Waals surface area (Å²) < 4.78 is 0. The van der Waals surface area contributed by atoms with Crippen molar-refractivity contribution in [2.24, 2.45) is 45.7 Å². The monoisotopic (exact) mass is 1100 g/mol. The van der Waals surface area contributed by atoms with Gasteiger partial charge in [-0.3, -0.25) is 48.1 Å². The number of phenols is 1. The maximum atomic E-state index is 14.3. The molecule has 0 heterocycles. The van der Waals surface area contributed by atoms with E-state index < -0.39 is 132 Å². The van der Waals surface area contributed by atoms with Crippen LogP contribution in [0.3, 0.4) is 0 Å². The number of benzene rings is 2. The molecule has 78 heavy (non-hydrogen) atoms. The molecule has 2 aromatic carbocycles. The number of nitrogens with one attached hydrogen (secondary N) is 8. The second-order valence-corrected chi connectivity index (χ2v) is 20.4. The van der Waals surface area contributed by atoms with Crippen LogP contribution in [0.1, 0.15) is 98.6 Å². The van der Waals surface area contributed by atoms with Gasteiger partial charge in [0, 0.05) is 19.4 Å². The van der Waals surface area contributed by atoms with Crippen LogP contribution in [0.2, 0.25) is 0 Å². The number of carboxylic acids is 1. The molecule has 432 valence electrons. The number of aliphatic carboxylic acids is 1. The Balaban J connectivity index is 2.50. The van der Waals surface area contributed by atoms with Gasteiger partial charge in [-0.2, -0.15) is 0 Å². The lowest BCUT2D eigenvalue weighted by molar-refractivity contribution is -0.145. The quantitative estimate of drug-likeness (QED) is 0.0200. The van der Waals surface area contributed by atoms with E-state index in [0.717, 1.165) is 0 Å². The number of nitrogens with two attached hydrogens (primary N) is 4. The zero-order valence-corrected chi connectivity index (χ0v) is 45.5. The lowest BCUT2D eigenvalue weighted by atomic mass is 9.99. The smallest absolute Gasteiger partial charge is 0.328 e. The van der Waals surface area contributed by atoms with Crippen molar-refractivity contribution in [2.45, 2.75) is 161 Å². The van der Waals surface area contributed by atoms with Gasteiger partial charge in [0.15, 0.2) is 12.0 Å². The van der Waals surface area contributed by atoms with E-state index in [1.54, 1.807) is 84.0 Å². The lowest BCUT2D eigenvalue weighted by Gasteiger charge is -2.29. The Morgan fingerprint density at radius 2 is 0.923 bits per heavy atom. The number of aliphatic hydroxyl groups is 1. The summed E-state index contributed by atoms with van der Waals surface area (Å²) in [6.07, 6.45) is -2.55. The minimum absolute atomic E-state index is 0.00915. The van der Waals surface area contributed by atoms with Crippen LogP contribution in [0.4, 0.5) is 0 Å². The van der Waals surface area contributed by atoms with Gasteiger partial charge in [-0.05, 0) is 80.5 Å². The molecule has 9 amide bonds. The second kappa shape index (κ2) is 32.7. The van der Waals surface area contributed by atoms with Crippen molar-refractivity contribution < 1.29 is 63.3 Å². The number of aliphatic imine (C=N–C) groups is 1. The number of primary amides is 1. The Morgan fingerprint density at radius 1 is 0.513 bits per heavy atom. The number of hydrogen-bond donors (Lipinski definition) is 15. The van der Waals surface area contributed by atoms with Gasteiger partial charge in [0.05, 0.1) is 18.6 Å². The van der Waals surface area contributed by atoms with Crippen molar-refractivity contribution in [3.05, 3.63) is 65.7 Å². The van der Waals surface area contributed by atoms with E-state index in [2.05, 4.69) is 47.5 Å². The molecule has 0 aromatic heterocycles. The average Bonchev–Trinajstić information content (AvgIpc) is 3.34. The molecule has 0 aliphatic rings. The van der Waals surface area contributed by atoms with E-state index in [9.17, 15) is 63.3 Å². The molecule has 26 heteroatoms. The summed E-state index contributed by atoms with van der Waals surface area (Å²) in [5, 5.41) is 49.8. The fraction of sp³-hybridized carbons (Fsp3) is 0.558. The number of hydrogen-bond acceptors (Lipinski definition) is 14. The Bertz CT molecular complexity index is 2380. The van der Waals surface area contributed by atoms with Gasteiger partial charge >= 0.3 is 5.97 Å². The normalized spacial score (nSPS) is 15.0. The average molecular weight is 1100 g/mol. The van der Waals surface area contributed by atoms with Crippen LogP contribution in [0.5, 0.6) is 5.75 Å². The molecule has 0 saturated heterocycles. The van der Waals surface area contributed by atoms with Crippen LogP contribution in [0, 0.1) is 17.8 Å². The van der Waals surface area contributed by atoms with Crippen molar-refractivity contribution in [1.82, 2.24) is 42.5 Å². The standard InChI is InChI=1S/C52H81N13O13/c1-26(2)21-35(45(71)62-37(23-31-13-10-9-11-14-31)46(72)61-36(22-27(3)4)48(74)65-42(30(8)66)51(77)78)60-47(73)39(25-40(54)68)63-44(70)34(15-12-20-57-52(55)56)58-50(76)41(28(5)6)64-49(75)38(59-43(69)29(7)53)24-32-16-18-33(67)19-17-32/h9-11,13-14,16-19,26-30,34-39,41-42,66-67H,12,15,20-25,53H2,1-8H3,(H2,54,68)(H,58,76)(H,59,69)(H,60,73)(H,61,72)(H,62,71)(H,63,70)(H,64,75)(H,65,74)(H,77,78)(H4,55,56,57)/t29-,30+,34-,35-,36-,37-,38-,39-,41-,42-/m0/s1. The summed E-state index contributed by atoms with van der Waals surface area (Å²) in [6.45, 7) is 12.8. The van der Waals surface area contributed by atoms with Crippen LogP contribution in [-0.4, -0.2) is 147 Å². The SMILES string of the molecule is CC(C)C[C@H](NC(=O)[C@H](CC(N)=O)NC(=O)[C@H](CCCN=C(N)N)NC(=O)[C@@H](NC(=O)[C@H](Cc1ccc(O)cc1)NC(=O)[C@H](C)N)C(C)C)C(=O)N[C@@H](Cc1ccccc1)C(=O)N[C@@H](CC(C)C)C(=O)N[C@H](C(=O)O)[C@@H](C)O. The maximum Gasteiger partial charge on any atom is 0.328 e. The first-order valence-electron chi connectivity index (χ1n) is 25.7. The number of carbonyl (C=O) groups excluding carboxylic acids is 9. The van der Waals surface area contributed by atoms with Gasteiger partial charge in [-0.15, -0.1) is 0 Å². The molecule has 0 aliphatic heterocycles. The Morgan fingerprint density at radius 3 is 1.38 bits per heavy atom. The number of guanidine groups is 1. The molecule has 0 saturated carbocycles. The molecular weight excluding hydrogens is 1010 g/mol. The molecule has 19 N–H and O–H groups in total. The van der Waals surface area contributed by atoms with E-state index in [1.165, 1.54) is 26.0 Å². The fourth-order valence-corrected chi connectivity index (χ4v) is 7.81. The molecule has 2 rings (SSSR count). The molecule has 0 fully saturated rings. The number of phenolic OH excluding ortho intramolecular Hbond substituents is 1. The number of nitrogens with zero attached hydrogens (tertiary/aromatic N) is 1. The third kappa shape index (κ3) is 24.0. The molecule has 0 spiro atoms. The predicted octanol–water partition coefficient (Wildman–Crippen LogP) is -2.45. The van der Waals surface area contributed by atoms with Gasteiger partial charge in [0.1, 0.15) is 48.0 Å². The minimum atomic E-state index is -1.75. The van der Waals surface area contributed by atoms with Crippen LogP contribution in [0.15, 0.2) is 59.6 Å². The highest BCUT2D eigenvalue weighted by Crippen LogP contribution is 2.15. The Labute approximate surface area is 454 Å². The Kier molecular flexibility index (Phi) is 27.7. The van der Waals surface area contributed by atoms with Crippen molar-refractivity contribution in [3.63, 3.8) is 0 Å². The van der Waals surface area contributed by atoms with Gasteiger partial charge in [0.2, 0.25) is 53.2 Å². The predicted molar refractivity (Wildman–Crippen MR) is 288 cm³/mol. The molecule has 10 atom stereocenters. The van der Waals surface area contributed by atoms with Gasteiger partial charge in [-0.1, -0.05) is 84.0 Å². The molecule has 26 nitrogen and oxygen atoms in total. The maximum absolute atomic E-state index is 14.3. The third-order valence-corrected chi connectivity index (χ3v) is 11.9. The van der Waals surface area contributed by atoms with Crippen LogP contribution in [0.25, 0.3) is 0 Å². The number of carboxylic acid groups (broad SMARTS) is 1. The third-order valence-electron chi connectivity index (χ3n) is 11.9. The first kappa shape index (κ1) is 66.2. The highest BCUT2D eigenvalue weighted by atomic mass is 16.4. The minimum Gasteiger partial charge on any atom is -0.508 e. The summed E-state index contributed by atoms with van der Waals surface area (Å²) in [4.78, 5) is 139. The topological polar surface area (TPSA) is 444 Å². The number of amides is 9. The Hall–Kier alpha value is -7.87. The number of aromatic hydroxyl groups is 1. The molecule has 0 aliphatic carbocycles. The summed E-state index contributed by atoms with van der Waals surface area (Å²) in [5.74, 6) is -11.0. The molecule has 2 aromatic rings. The van der Waals surface area contributed by atoms with E-state index >= 15 is 0 Å². The summed E-state index contributed by atoms with van der Waals surface area (Å²) >= 11 is 0. The first-order valence-corrected chi connectivity index (χ1v) is 25.7. The lowest BCUT2D eigenvalue weighted by Crippen LogP contribution is -2.61. The van der Waals surface area contributed by atoms with Gasteiger partial charge < -0.3 is 80.8 Å². The fourth-order valence-electron chi connectivity index (χ4n) is 7.81. The van der Waals surface area contributed by atoms with E-state index in [0.29, 0.717) is 11.1 Å². The van der Waals surface area contributed by atoms with Crippen molar-refractivity contribution in [1.29, 1.82) is 0 Å². The van der Waals surface area contributed by atoms with Crippen molar-refractivity contribution in [2.75, 3.05) is 6.54 Å². The zero-order valence-electron chi connectivity index (χ0n) is 45.5. The van der Waals surface area contributed by atoms with Crippen LogP contribution >= 0.6 is 0 Å². The largest absolute Gasteiger partial charge is 0.508 e. The highest BCUT2D eigenvalue weighted by Gasteiger charge is 2.37. The molecule has 0 bridgehead atoms. The van der Waals surface area contributed by atoms with Crippen molar-refractivity contribution in [3.8, 4) is 5.75 Å². The summed E-state index contributed by atoms with van der Waals surface area (Å²) in [5.41, 5.74) is 23.5. The highest BCUT2D eigenvalue weighted by molar-refractivity contribution is 5.99. The second-order valence-electron chi connectivity index (χ2n) is 20.4. The van der Waals surface area contributed by atoms with Crippen LogP contribution < -0.4 is 65.5 Å². The van der Waals surface area contributed by atoms with E-state index in [4.69, 9.17) is 22.9 Å². The summed E-state index contributed by atoms with van der Waals surface area (Å²) in [7, 11) is 0. The van der Waals surface area contributed by atoms with Crippen LogP contribution in [-0.2, 0) is 60.8 Å². The number of aliphatic hydroxyl groups excluding tert-OH is 1. The number of rotatable bonds is 33. The van der Waals surface area contributed by atoms with Crippen molar-refractivity contribution >= 4 is 65.1 Å². The first-order chi connectivity index (χ1) is 36.5.